The second kappa shape index (κ2) is 11.2. The van der Waals surface area contributed by atoms with Crippen LogP contribution in [0.3, 0.4) is 0 Å². The highest BCUT2D eigenvalue weighted by Gasteiger charge is 2.61. The molecule has 1 saturated heterocycles. The molecule has 0 spiro atoms. The van der Waals surface area contributed by atoms with Gasteiger partial charge in [0.25, 0.3) is 0 Å². The van der Waals surface area contributed by atoms with Crippen molar-refractivity contribution in [1.82, 2.24) is 9.80 Å². The third-order valence-electron chi connectivity index (χ3n) is 8.05. The fourth-order valence-corrected chi connectivity index (χ4v) is 6.59. The van der Waals surface area contributed by atoms with Gasteiger partial charge in [-0.2, -0.15) is 0 Å². The zero-order valence-electron chi connectivity index (χ0n) is 22.3. The monoisotopic (exact) mass is 560 g/mol. The lowest BCUT2D eigenvalue weighted by Gasteiger charge is -2.59. The van der Waals surface area contributed by atoms with Crippen LogP contribution in [0.5, 0.6) is 5.75 Å². The molecule has 38 heavy (non-hydrogen) atoms. The number of carbonyl (C=O) groups is 3. The van der Waals surface area contributed by atoms with E-state index < -0.39 is 17.0 Å². The number of rotatable bonds is 6. The third-order valence-corrected chi connectivity index (χ3v) is 8.79. The summed E-state index contributed by atoms with van der Waals surface area (Å²) in [5.41, 5.74) is 0.401. The van der Waals surface area contributed by atoms with Crippen molar-refractivity contribution in [2.45, 2.75) is 63.0 Å². The second-order valence-corrected chi connectivity index (χ2v) is 11.4. The van der Waals surface area contributed by atoms with E-state index in [4.69, 9.17) is 32.7 Å². The summed E-state index contributed by atoms with van der Waals surface area (Å²) in [4.78, 5) is 41.5. The van der Waals surface area contributed by atoms with Gasteiger partial charge < -0.3 is 19.3 Å². The van der Waals surface area contributed by atoms with Gasteiger partial charge in [0, 0.05) is 38.9 Å². The first-order valence-corrected chi connectivity index (χ1v) is 13.6. The number of hydrogen-bond acceptors (Lipinski definition) is 6. The molecule has 0 N–H and O–H groups in total. The summed E-state index contributed by atoms with van der Waals surface area (Å²) in [5, 5.41) is 0.867. The van der Waals surface area contributed by atoms with E-state index in [-0.39, 0.29) is 24.3 Å². The molecule has 2 aromatic carbocycles. The average molecular weight is 562 g/mol. The Bertz CT molecular complexity index is 1240. The van der Waals surface area contributed by atoms with Gasteiger partial charge in [0.05, 0.1) is 16.5 Å². The molecule has 7 nitrogen and oxygen atoms in total. The lowest BCUT2D eigenvalue weighted by atomic mass is 9.55. The number of piperidine rings is 1. The molecular formula is C29H34Cl2N2O5. The molecule has 1 aliphatic carbocycles. The summed E-state index contributed by atoms with van der Waals surface area (Å²) in [6.07, 6.45) is 2.84. The van der Waals surface area contributed by atoms with Crippen molar-refractivity contribution in [2.75, 3.05) is 27.2 Å². The number of likely N-dealkylation sites (tertiary alicyclic amines) is 1. The lowest BCUT2D eigenvalue weighted by molar-refractivity contribution is -0.188. The predicted octanol–water partition coefficient (Wildman–Crippen LogP) is 5.05. The normalized spacial score (nSPS) is 25.3. The highest BCUT2D eigenvalue weighted by Crippen LogP contribution is 2.54. The second-order valence-electron chi connectivity index (χ2n) is 10.6. The number of fused-ring (bicyclic) bond motifs is 1. The fourth-order valence-electron chi connectivity index (χ4n) is 6.27. The van der Waals surface area contributed by atoms with Gasteiger partial charge in [-0.05, 0) is 74.7 Å². The quantitative estimate of drug-likeness (QED) is 0.363. The maximum absolute atomic E-state index is 13.4. The van der Waals surface area contributed by atoms with Crippen molar-refractivity contribution in [2.24, 2.45) is 0 Å². The Hall–Kier alpha value is -2.61. The first-order valence-electron chi connectivity index (χ1n) is 12.8. The fraction of sp³-hybridized carbons (Fsp3) is 0.483. The van der Waals surface area contributed by atoms with Crippen molar-refractivity contribution < 1.29 is 23.9 Å². The van der Waals surface area contributed by atoms with E-state index >= 15 is 0 Å². The van der Waals surface area contributed by atoms with Crippen LogP contribution in [0.15, 0.2) is 42.5 Å². The van der Waals surface area contributed by atoms with E-state index in [1.807, 2.05) is 43.3 Å². The van der Waals surface area contributed by atoms with Gasteiger partial charge in [-0.1, -0.05) is 41.4 Å². The van der Waals surface area contributed by atoms with E-state index in [1.165, 1.54) is 13.8 Å². The van der Waals surface area contributed by atoms with Crippen molar-refractivity contribution in [3.05, 3.63) is 63.6 Å². The SMILES string of the molecule is CC(=O)Oc1cccc([C@@]23CCN(C)C[C@@]2(OC(C)=O)CC[C@H](N(C)C(=O)Cc2ccc(Cl)c(Cl)c2)C3)c1. The number of amides is 1. The van der Waals surface area contributed by atoms with Crippen LogP contribution in [0.1, 0.15) is 50.7 Å². The molecule has 2 aromatic rings. The molecule has 0 aromatic heterocycles. The van der Waals surface area contributed by atoms with Crippen molar-refractivity contribution >= 4 is 41.0 Å². The Morgan fingerprint density at radius 2 is 1.82 bits per heavy atom. The number of likely N-dealkylation sites (N-methyl/N-ethyl adjacent to an activating group) is 2. The number of ether oxygens (including phenoxy) is 2. The molecule has 0 radical (unpaired) electrons. The average Bonchev–Trinajstić information content (AvgIpc) is 2.84. The van der Waals surface area contributed by atoms with Crippen molar-refractivity contribution in [3.63, 3.8) is 0 Å². The summed E-state index contributed by atoms with van der Waals surface area (Å²) in [6.45, 7) is 4.20. The largest absolute Gasteiger partial charge is 0.457 e. The Morgan fingerprint density at radius 1 is 1.05 bits per heavy atom. The van der Waals surface area contributed by atoms with E-state index in [0.29, 0.717) is 41.6 Å². The van der Waals surface area contributed by atoms with Crippen molar-refractivity contribution in [3.8, 4) is 5.75 Å². The maximum atomic E-state index is 13.4. The molecule has 3 atom stereocenters. The number of halogens is 2. The number of hydrogen-bond donors (Lipinski definition) is 0. The van der Waals surface area contributed by atoms with E-state index in [0.717, 1.165) is 24.1 Å². The standard InChI is InChI=1S/C29H34Cl2N2O5/c1-19(34)37-24-7-5-6-22(16-24)28-12-13-32(3)18-29(28,38-20(2)35)11-10-23(17-28)33(4)27(36)15-21-8-9-25(30)26(31)14-21/h5-9,14,16,23H,10-13,15,17-18H2,1-4H3/t23-,28-,29-/m0/s1. The van der Waals surface area contributed by atoms with Crippen LogP contribution in [0.2, 0.25) is 10.0 Å². The summed E-state index contributed by atoms with van der Waals surface area (Å²) in [5.74, 6) is -0.303. The molecule has 2 aliphatic rings. The molecule has 204 valence electrons. The molecule has 1 heterocycles. The van der Waals surface area contributed by atoms with Gasteiger partial charge in [0.2, 0.25) is 5.91 Å². The van der Waals surface area contributed by atoms with Crippen LogP contribution in [-0.2, 0) is 31.0 Å². The van der Waals surface area contributed by atoms with Crippen LogP contribution in [0, 0.1) is 0 Å². The minimum absolute atomic E-state index is 0.0230. The van der Waals surface area contributed by atoms with Crippen LogP contribution in [0.4, 0.5) is 0 Å². The highest BCUT2D eigenvalue weighted by molar-refractivity contribution is 6.42. The smallest absolute Gasteiger partial charge is 0.308 e. The molecule has 1 aliphatic heterocycles. The minimum atomic E-state index is -0.773. The lowest BCUT2D eigenvalue weighted by Crippen LogP contribution is -2.68. The van der Waals surface area contributed by atoms with Gasteiger partial charge in [0.1, 0.15) is 11.4 Å². The zero-order valence-corrected chi connectivity index (χ0v) is 23.8. The van der Waals surface area contributed by atoms with Crippen LogP contribution < -0.4 is 4.74 Å². The number of carbonyl (C=O) groups excluding carboxylic acids is 3. The van der Waals surface area contributed by atoms with E-state index in [1.54, 1.807) is 18.2 Å². The number of benzene rings is 2. The van der Waals surface area contributed by atoms with E-state index in [9.17, 15) is 14.4 Å². The topological polar surface area (TPSA) is 76.2 Å². The Labute approximate surface area is 234 Å². The minimum Gasteiger partial charge on any atom is -0.457 e. The first kappa shape index (κ1) is 28.4. The highest BCUT2D eigenvalue weighted by atomic mass is 35.5. The summed E-state index contributed by atoms with van der Waals surface area (Å²) in [6, 6.07) is 12.7. The first-order chi connectivity index (χ1) is 17.9. The summed E-state index contributed by atoms with van der Waals surface area (Å²) >= 11 is 12.2. The molecule has 1 amide bonds. The van der Waals surface area contributed by atoms with Crippen LogP contribution in [0.25, 0.3) is 0 Å². The Kier molecular flexibility index (Phi) is 8.40. The molecule has 0 unspecified atom stereocenters. The molecule has 0 bridgehead atoms. The predicted molar refractivity (Wildman–Crippen MR) is 147 cm³/mol. The maximum Gasteiger partial charge on any atom is 0.308 e. The molecule has 4 rings (SSSR count). The van der Waals surface area contributed by atoms with Gasteiger partial charge in [0.15, 0.2) is 0 Å². The van der Waals surface area contributed by atoms with Gasteiger partial charge in [-0.3, -0.25) is 14.4 Å². The van der Waals surface area contributed by atoms with Gasteiger partial charge in [-0.15, -0.1) is 0 Å². The Balaban J connectivity index is 1.69. The zero-order chi connectivity index (χ0) is 27.7. The molecule has 1 saturated carbocycles. The number of esters is 2. The van der Waals surface area contributed by atoms with Crippen molar-refractivity contribution in [1.29, 1.82) is 0 Å². The van der Waals surface area contributed by atoms with Crippen LogP contribution in [-0.4, -0.2) is 66.5 Å². The molecular weight excluding hydrogens is 527 g/mol. The van der Waals surface area contributed by atoms with Gasteiger partial charge in [-0.25, -0.2) is 0 Å². The molecule has 9 heteroatoms. The summed E-state index contributed by atoms with van der Waals surface area (Å²) < 4.78 is 11.6. The summed E-state index contributed by atoms with van der Waals surface area (Å²) in [7, 11) is 3.87. The van der Waals surface area contributed by atoms with Crippen LogP contribution >= 0.6 is 23.2 Å². The third kappa shape index (κ3) is 5.70. The Morgan fingerprint density at radius 3 is 2.50 bits per heavy atom. The molecule has 2 fully saturated rings. The van der Waals surface area contributed by atoms with E-state index in [2.05, 4.69) is 4.90 Å². The van der Waals surface area contributed by atoms with Gasteiger partial charge >= 0.3 is 11.9 Å². The number of nitrogens with zero attached hydrogens (tertiary/aromatic N) is 2.